The number of fused-ring (bicyclic) bond motifs is 1. The molecule has 0 atom stereocenters. The zero-order chi connectivity index (χ0) is 13.9. The molecule has 1 aromatic carbocycles. The lowest BCUT2D eigenvalue weighted by atomic mass is 10.3. The SMILES string of the molecule is O=C(O)CCCSC1=NS(=O)(=O)c2ccccc2N1. The summed E-state index contributed by atoms with van der Waals surface area (Å²) in [5.41, 5.74) is 0.498. The molecule has 102 valence electrons. The lowest BCUT2D eigenvalue weighted by Gasteiger charge is -2.17. The summed E-state index contributed by atoms with van der Waals surface area (Å²) in [5.74, 6) is -0.368. The molecule has 1 aliphatic heterocycles. The second kappa shape index (κ2) is 5.62. The van der Waals surface area contributed by atoms with Crippen LogP contribution in [0.2, 0.25) is 0 Å². The Morgan fingerprint density at radius 1 is 1.37 bits per heavy atom. The van der Waals surface area contributed by atoms with Crippen molar-refractivity contribution >= 4 is 38.6 Å². The zero-order valence-corrected chi connectivity index (χ0v) is 11.5. The minimum atomic E-state index is -3.66. The van der Waals surface area contributed by atoms with E-state index in [0.29, 0.717) is 17.9 Å². The number of carboxylic acids is 1. The summed E-state index contributed by atoms with van der Waals surface area (Å²) in [6.07, 6.45) is 0.520. The highest BCUT2D eigenvalue weighted by atomic mass is 32.2. The first-order valence-corrected chi connectivity index (χ1v) is 7.97. The number of aliphatic carboxylic acids is 1. The van der Waals surface area contributed by atoms with Crippen molar-refractivity contribution in [2.45, 2.75) is 17.7 Å². The Hall–Kier alpha value is -1.54. The molecule has 0 aromatic heterocycles. The first-order chi connectivity index (χ1) is 8.99. The van der Waals surface area contributed by atoms with Gasteiger partial charge in [-0.05, 0) is 18.6 Å². The fraction of sp³-hybridized carbons (Fsp3) is 0.273. The third kappa shape index (κ3) is 3.48. The van der Waals surface area contributed by atoms with E-state index in [1.807, 2.05) is 0 Å². The molecule has 2 N–H and O–H groups in total. The third-order valence-electron chi connectivity index (χ3n) is 2.38. The molecule has 0 amide bonds. The number of carbonyl (C=O) groups is 1. The van der Waals surface area contributed by atoms with Gasteiger partial charge in [0.2, 0.25) is 0 Å². The van der Waals surface area contributed by atoms with Crippen LogP contribution in [0.25, 0.3) is 0 Å². The van der Waals surface area contributed by atoms with Crippen LogP contribution in [0.15, 0.2) is 33.6 Å². The average molecular weight is 300 g/mol. The zero-order valence-electron chi connectivity index (χ0n) is 9.87. The Morgan fingerprint density at radius 3 is 2.84 bits per heavy atom. The standard InChI is InChI=1S/C11H12N2O4S2/c14-10(15)6-3-7-18-11-12-8-4-1-2-5-9(8)19(16,17)13-11/h1-2,4-5H,3,6-7H2,(H,12,13)(H,14,15). The number of sulfonamides is 1. The van der Waals surface area contributed by atoms with Crippen LogP contribution in [0.4, 0.5) is 5.69 Å². The van der Waals surface area contributed by atoms with Crippen LogP contribution in [-0.2, 0) is 14.8 Å². The van der Waals surface area contributed by atoms with Gasteiger partial charge in [-0.15, -0.1) is 4.40 Å². The quantitative estimate of drug-likeness (QED) is 0.822. The van der Waals surface area contributed by atoms with Crippen LogP contribution >= 0.6 is 11.8 Å². The van der Waals surface area contributed by atoms with Crippen molar-refractivity contribution in [1.29, 1.82) is 0 Å². The largest absolute Gasteiger partial charge is 0.481 e. The fourth-order valence-corrected chi connectivity index (χ4v) is 3.73. The number of anilines is 1. The molecule has 0 unspecified atom stereocenters. The van der Waals surface area contributed by atoms with Crippen molar-refractivity contribution in [2.75, 3.05) is 11.1 Å². The van der Waals surface area contributed by atoms with Gasteiger partial charge in [-0.3, -0.25) is 4.79 Å². The average Bonchev–Trinajstić information content (AvgIpc) is 2.34. The maximum absolute atomic E-state index is 11.9. The van der Waals surface area contributed by atoms with E-state index in [0.717, 1.165) is 0 Å². The van der Waals surface area contributed by atoms with E-state index >= 15 is 0 Å². The summed E-state index contributed by atoms with van der Waals surface area (Å²) < 4.78 is 27.4. The first kappa shape index (κ1) is 13.9. The highest BCUT2D eigenvalue weighted by Gasteiger charge is 2.24. The van der Waals surface area contributed by atoms with Gasteiger partial charge in [-0.1, -0.05) is 23.9 Å². The van der Waals surface area contributed by atoms with Crippen molar-refractivity contribution in [3.63, 3.8) is 0 Å². The Bertz CT molecular complexity index is 625. The van der Waals surface area contributed by atoms with Crippen LogP contribution in [0, 0.1) is 0 Å². The highest BCUT2D eigenvalue weighted by Crippen LogP contribution is 2.29. The second-order valence-electron chi connectivity index (χ2n) is 3.84. The molecule has 0 fully saturated rings. The minimum absolute atomic E-state index is 0.0591. The summed E-state index contributed by atoms with van der Waals surface area (Å²) in [6, 6.07) is 6.53. The molecule has 0 saturated carbocycles. The number of nitrogens with one attached hydrogen (secondary N) is 1. The van der Waals surface area contributed by atoms with Gasteiger partial charge in [-0.2, -0.15) is 8.42 Å². The van der Waals surface area contributed by atoms with Crippen LogP contribution in [0.5, 0.6) is 0 Å². The third-order valence-corrected chi connectivity index (χ3v) is 4.79. The maximum atomic E-state index is 11.9. The predicted molar refractivity (Wildman–Crippen MR) is 74.0 cm³/mol. The fourth-order valence-electron chi connectivity index (χ4n) is 1.55. The smallest absolute Gasteiger partial charge is 0.303 e. The molecule has 6 nitrogen and oxygen atoms in total. The van der Waals surface area contributed by atoms with Crippen LogP contribution < -0.4 is 5.32 Å². The molecular weight excluding hydrogens is 288 g/mol. The van der Waals surface area contributed by atoms with E-state index in [2.05, 4.69) is 9.71 Å². The van der Waals surface area contributed by atoms with Gasteiger partial charge in [0.25, 0.3) is 10.0 Å². The van der Waals surface area contributed by atoms with Crippen molar-refractivity contribution in [1.82, 2.24) is 0 Å². The Kier molecular flexibility index (Phi) is 4.11. The summed E-state index contributed by atoms with van der Waals surface area (Å²) >= 11 is 1.20. The predicted octanol–water partition coefficient (Wildman–Crippen LogP) is 1.75. The number of thioether (sulfide) groups is 1. The Balaban J connectivity index is 2.06. The number of nitrogens with zero attached hydrogens (tertiary/aromatic N) is 1. The first-order valence-electron chi connectivity index (χ1n) is 5.55. The molecule has 19 heavy (non-hydrogen) atoms. The summed E-state index contributed by atoms with van der Waals surface area (Å²) in [6.45, 7) is 0. The molecule has 1 aromatic rings. The summed E-state index contributed by atoms with van der Waals surface area (Å²) in [5, 5.41) is 11.7. The van der Waals surface area contributed by atoms with Gasteiger partial charge in [-0.25, -0.2) is 0 Å². The van der Waals surface area contributed by atoms with E-state index in [4.69, 9.17) is 5.11 Å². The van der Waals surface area contributed by atoms with E-state index in [-0.39, 0.29) is 16.5 Å². The van der Waals surface area contributed by atoms with Crippen molar-refractivity contribution in [3.05, 3.63) is 24.3 Å². The Labute approximate surface area is 115 Å². The lowest BCUT2D eigenvalue weighted by molar-refractivity contribution is -0.137. The van der Waals surface area contributed by atoms with Gasteiger partial charge in [0, 0.05) is 12.2 Å². The van der Waals surface area contributed by atoms with Crippen molar-refractivity contribution in [2.24, 2.45) is 4.40 Å². The van der Waals surface area contributed by atoms with Gasteiger partial charge < -0.3 is 10.4 Å². The number of benzene rings is 1. The van der Waals surface area contributed by atoms with Crippen LogP contribution in [-0.4, -0.2) is 30.4 Å². The number of rotatable bonds is 4. The molecule has 0 aliphatic carbocycles. The molecule has 1 aliphatic rings. The molecule has 2 rings (SSSR count). The molecule has 0 spiro atoms. The molecule has 0 radical (unpaired) electrons. The van der Waals surface area contributed by atoms with E-state index < -0.39 is 16.0 Å². The van der Waals surface area contributed by atoms with Gasteiger partial charge in [0.15, 0.2) is 5.17 Å². The molecular formula is C11H12N2O4S2. The molecule has 1 heterocycles. The molecule has 0 saturated heterocycles. The monoisotopic (exact) mass is 300 g/mol. The van der Waals surface area contributed by atoms with Gasteiger partial charge >= 0.3 is 5.97 Å². The van der Waals surface area contributed by atoms with E-state index in [1.54, 1.807) is 18.2 Å². The molecule has 8 heteroatoms. The second-order valence-corrected chi connectivity index (χ2v) is 6.49. The highest BCUT2D eigenvalue weighted by molar-refractivity contribution is 8.14. The van der Waals surface area contributed by atoms with E-state index in [9.17, 15) is 13.2 Å². The van der Waals surface area contributed by atoms with Crippen LogP contribution in [0.1, 0.15) is 12.8 Å². The number of para-hydroxylation sites is 1. The van der Waals surface area contributed by atoms with E-state index in [1.165, 1.54) is 17.8 Å². The summed E-state index contributed by atoms with van der Waals surface area (Å²) in [4.78, 5) is 10.5. The number of hydrogen-bond acceptors (Lipinski definition) is 5. The molecule has 0 bridgehead atoms. The lowest BCUT2D eigenvalue weighted by Crippen LogP contribution is -2.19. The Morgan fingerprint density at radius 2 is 2.11 bits per heavy atom. The minimum Gasteiger partial charge on any atom is -0.481 e. The van der Waals surface area contributed by atoms with Gasteiger partial charge in [0.1, 0.15) is 4.90 Å². The number of carboxylic acid groups (broad SMARTS) is 1. The number of hydrogen-bond donors (Lipinski definition) is 2. The normalized spacial score (nSPS) is 16.1. The maximum Gasteiger partial charge on any atom is 0.303 e. The van der Waals surface area contributed by atoms with Crippen molar-refractivity contribution in [3.8, 4) is 0 Å². The van der Waals surface area contributed by atoms with Crippen molar-refractivity contribution < 1.29 is 18.3 Å². The topological polar surface area (TPSA) is 95.8 Å². The van der Waals surface area contributed by atoms with Gasteiger partial charge in [0.05, 0.1) is 5.69 Å². The van der Waals surface area contributed by atoms with Crippen LogP contribution in [0.3, 0.4) is 0 Å². The number of amidine groups is 1. The summed E-state index contributed by atoms with van der Waals surface area (Å²) in [7, 11) is -3.66.